The Bertz CT molecular complexity index is 123. The first kappa shape index (κ1) is 10.8. The zero-order valence-corrected chi connectivity index (χ0v) is 8.02. The lowest BCUT2D eigenvalue weighted by molar-refractivity contribution is -0.147. The van der Waals surface area contributed by atoms with Crippen molar-refractivity contribution in [3.05, 3.63) is 0 Å². The highest BCUT2D eigenvalue weighted by Gasteiger charge is 2.10. The number of alkyl halides is 1. The Kier molecular flexibility index (Phi) is 5.30. The second kappa shape index (κ2) is 5.42. The van der Waals surface area contributed by atoms with Crippen molar-refractivity contribution in [2.24, 2.45) is 0 Å². The van der Waals surface area contributed by atoms with Gasteiger partial charge in [0.15, 0.2) is 0 Å². The van der Waals surface area contributed by atoms with Gasteiger partial charge in [-0.15, -0.1) is 11.6 Å². The number of hydrogen-bond donors (Lipinski definition) is 0. The molecule has 11 heavy (non-hydrogen) atoms. The number of esters is 1. The highest BCUT2D eigenvalue weighted by Crippen LogP contribution is 2.07. The molecule has 0 rings (SSSR count). The van der Waals surface area contributed by atoms with E-state index in [9.17, 15) is 4.79 Å². The van der Waals surface area contributed by atoms with Crippen molar-refractivity contribution < 1.29 is 9.53 Å². The summed E-state index contributed by atoms with van der Waals surface area (Å²) in [6.07, 6.45) is 1.08. The molecule has 2 nitrogen and oxygen atoms in total. The van der Waals surface area contributed by atoms with Gasteiger partial charge in [-0.1, -0.05) is 6.92 Å². The third-order valence-corrected chi connectivity index (χ3v) is 1.66. The first-order valence-corrected chi connectivity index (χ1v) is 4.33. The van der Waals surface area contributed by atoms with Crippen molar-refractivity contribution in [3.8, 4) is 0 Å². The van der Waals surface area contributed by atoms with Gasteiger partial charge in [-0.3, -0.25) is 4.79 Å². The normalized spacial score (nSPS) is 13.2. The maximum atomic E-state index is 10.9. The van der Waals surface area contributed by atoms with E-state index in [0.717, 1.165) is 6.42 Å². The Morgan fingerprint density at radius 2 is 2.09 bits per heavy atom. The Morgan fingerprint density at radius 3 is 2.45 bits per heavy atom. The van der Waals surface area contributed by atoms with E-state index in [4.69, 9.17) is 16.3 Å². The van der Waals surface area contributed by atoms with Crippen LogP contribution in [0.3, 0.4) is 0 Å². The van der Waals surface area contributed by atoms with Gasteiger partial charge in [-0.2, -0.15) is 0 Å². The first-order chi connectivity index (χ1) is 5.06. The molecule has 0 bridgehead atoms. The van der Waals surface area contributed by atoms with E-state index in [2.05, 4.69) is 0 Å². The fourth-order valence-corrected chi connectivity index (χ4v) is 0.762. The van der Waals surface area contributed by atoms with Gasteiger partial charge in [-0.25, -0.2) is 0 Å². The van der Waals surface area contributed by atoms with Crippen LogP contribution >= 0.6 is 11.6 Å². The molecule has 0 aliphatic carbocycles. The minimum atomic E-state index is -0.207. The van der Waals surface area contributed by atoms with Crippen LogP contribution in [0.5, 0.6) is 0 Å². The van der Waals surface area contributed by atoms with Crippen molar-refractivity contribution in [1.29, 1.82) is 0 Å². The largest absolute Gasteiger partial charge is 0.463 e. The molecule has 0 aromatic rings. The maximum Gasteiger partial charge on any atom is 0.307 e. The summed E-state index contributed by atoms with van der Waals surface area (Å²) in [5.41, 5.74) is 0. The van der Waals surface area contributed by atoms with Gasteiger partial charge < -0.3 is 4.74 Å². The van der Waals surface area contributed by atoms with E-state index in [-0.39, 0.29) is 17.5 Å². The van der Waals surface area contributed by atoms with E-state index >= 15 is 0 Å². The summed E-state index contributed by atoms with van der Waals surface area (Å²) in [7, 11) is 0. The quantitative estimate of drug-likeness (QED) is 0.488. The lowest BCUT2D eigenvalue weighted by Crippen LogP contribution is -2.15. The molecule has 1 unspecified atom stereocenters. The van der Waals surface area contributed by atoms with Crippen LogP contribution < -0.4 is 0 Å². The number of ether oxygens (including phenoxy) is 1. The number of carbonyl (C=O) groups excluding carboxylic acids is 1. The summed E-state index contributed by atoms with van der Waals surface area (Å²) in [5.74, 6) is -0.207. The van der Waals surface area contributed by atoms with Crippen LogP contribution in [0, 0.1) is 0 Å². The summed E-state index contributed by atoms with van der Waals surface area (Å²) in [4.78, 5) is 10.9. The predicted octanol–water partition coefficient (Wildman–Crippen LogP) is 2.35. The average molecular weight is 179 g/mol. The highest BCUT2D eigenvalue weighted by atomic mass is 35.5. The SMILES string of the molecule is CCC(Cl)CC(=O)OC(C)C. The number of hydrogen-bond acceptors (Lipinski definition) is 2. The topological polar surface area (TPSA) is 26.3 Å². The smallest absolute Gasteiger partial charge is 0.307 e. The summed E-state index contributed by atoms with van der Waals surface area (Å²) >= 11 is 5.74. The van der Waals surface area contributed by atoms with Gasteiger partial charge >= 0.3 is 5.97 Å². The molecule has 66 valence electrons. The third kappa shape index (κ3) is 6.17. The molecule has 0 aliphatic rings. The number of rotatable bonds is 4. The molecule has 0 aliphatic heterocycles. The van der Waals surface area contributed by atoms with Gasteiger partial charge in [0.1, 0.15) is 0 Å². The van der Waals surface area contributed by atoms with Crippen LogP contribution in [0.25, 0.3) is 0 Å². The van der Waals surface area contributed by atoms with Crippen LogP contribution in [-0.2, 0) is 9.53 Å². The van der Waals surface area contributed by atoms with Crippen molar-refractivity contribution in [1.82, 2.24) is 0 Å². The molecule has 3 heteroatoms. The first-order valence-electron chi connectivity index (χ1n) is 3.89. The monoisotopic (exact) mass is 178 g/mol. The predicted molar refractivity (Wildman–Crippen MR) is 45.8 cm³/mol. The standard InChI is InChI=1S/C8H15ClO2/c1-4-7(9)5-8(10)11-6(2)3/h6-7H,4-5H2,1-3H3. The second-order valence-electron chi connectivity index (χ2n) is 2.75. The molecule has 0 aromatic carbocycles. The van der Waals surface area contributed by atoms with E-state index in [1.54, 1.807) is 0 Å². The Labute approximate surface area is 72.9 Å². The van der Waals surface area contributed by atoms with E-state index in [1.165, 1.54) is 0 Å². The van der Waals surface area contributed by atoms with Gasteiger partial charge in [-0.05, 0) is 20.3 Å². The zero-order chi connectivity index (χ0) is 8.85. The summed E-state index contributed by atoms with van der Waals surface area (Å²) < 4.78 is 4.90. The van der Waals surface area contributed by atoms with E-state index in [1.807, 2.05) is 20.8 Å². The summed E-state index contributed by atoms with van der Waals surface area (Å²) in [6.45, 7) is 5.60. The van der Waals surface area contributed by atoms with Crippen LogP contribution in [0.1, 0.15) is 33.6 Å². The second-order valence-corrected chi connectivity index (χ2v) is 3.37. The molecule has 0 amide bonds. The Hall–Kier alpha value is -0.240. The molecule has 0 radical (unpaired) electrons. The lowest BCUT2D eigenvalue weighted by Gasteiger charge is -2.09. The van der Waals surface area contributed by atoms with Gasteiger partial charge in [0.05, 0.1) is 12.5 Å². The van der Waals surface area contributed by atoms with Crippen LogP contribution in [0.2, 0.25) is 0 Å². The molecular formula is C8H15ClO2. The molecule has 0 spiro atoms. The fourth-order valence-electron chi connectivity index (χ4n) is 0.636. The van der Waals surface area contributed by atoms with Crippen molar-refractivity contribution in [2.75, 3.05) is 0 Å². The van der Waals surface area contributed by atoms with Crippen LogP contribution in [0.15, 0.2) is 0 Å². The lowest BCUT2D eigenvalue weighted by atomic mass is 10.2. The molecule has 0 saturated carbocycles. The third-order valence-electron chi connectivity index (χ3n) is 1.20. The number of halogens is 1. The maximum absolute atomic E-state index is 10.9. The summed E-state index contributed by atoms with van der Waals surface area (Å²) in [5, 5.41) is -0.0822. The zero-order valence-electron chi connectivity index (χ0n) is 7.26. The number of carbonyl (C=O) groups is 1. The Morgan fingerprint density at radius 1 is 1.55 bits per heavy atom. The highest BCUT2D eigenvalue weighted by molar-refractivity contribution is 6.21. The van der Waals surface area contributed by atoms with Gasteiger partial charge in [0, 0.05) is 5.38 Å². The van der Waals surface area contributed by atoms with E-state index in [0.29, 0.717) is 6.42 Å². The van der Waals surface area contributed by atoms with Gasteiger partial charge in [0.25, 0.3) is 0 Å². The molecule has 0 heterocycles. The molecule has 1 atom stereocenters. The van der Waals surface area contributed by atoms with Crippen molar-refractivity contribution in [3.63, 3.8) is 0 Å². The van der Waals surface area contributed by atoms with Gasteiger partial charge in [0.2, 0.25) is 0 Å². The van der Waals surface area contributed by atoms with Crippen molar-refractivity contribution >= 4 is 17.6 Å². The molecule has 0 aromatic heterocycles. The van der Waals surface area contributed by atoms with Crippen LogP contribution in [0.4, 0.5) is 0 Å². The van der Waals surface area contributed by atoms with Crippen molar-refractivity contribution in [2.45, 2.75) is 45.1 Å². The molecular weight excluding hydrogens is 164 g/mol. The fraction of sp³-hybridized carbons (Fsp3) is 0.875. The van der Waals surface area contributed by atoms with Crippen LogP contribution in [-0.4, -0.2) is 17.5 Å². The average Bonchev–Trinajstić information content (AvgIpc) is 1.85. The summed E-state index contributed by atoms with van der Waals surface area (Å²) in [6, 6.07) is 0. The minimum Gasteiger partial charge on any atom is -0.463 e. The molecule has 0 fully saturated rings. The minimum absolute atomic E-state index is 0.0387. The molecule has 0 saturated heterocycles. The van der Waals surface area contributed by atoms with E-state index < -0.39 is 0 Å². The molecule has 0 N–H and O–H groups in total. The Balaban J connectivity index is 3.52.